The minimum Gasteiger partial charge on any atom is -0.297 e. The summed E-state index contributed by atoms with van der Waals surface area (Å²) in [5, 5.41) is 0. The molecule has 1 aliphatic carbocycles. The van der Waals surface area contributed by atoms with E-state index < -0.39 is 0 Å². The quantitative estimate of drug-likeness (QED) is 0.416. The Kier molecular flexibility index (Phi) is 6.65. The van der Waals surface area contributed by atoms with Gasteiger partial charge in [-0.25, -0.2) is 5.84 Å². The summed E-state index contributed by atoms with van der Waals surface area (Å²) in [5.74, 6) is 5.83. The van der Waals surface area contributed by atoms with Crippen molar-refractivity contribution in [2.75, 3.05) is 6.54 Å². The summed E-state index contributed by atoms with van der Waals surface area (Å²) in [6.07, 6.45) is 6.94. The number of nitrogens with one attached hydrogen (secondary N) is 1. The van der Waals surface area contributed by atoms with Crippen LogP contribution in [0.4, 0.5) is 0 Å². The fraction of sp³-hybridized carbons (Fsp3) is 0.929. The Hall–Kier alpha value is -0.610. The van der Waals surface area contributed by atoms with Crippen LogP contribution in [0.3, 0.4) is 0 Å². The first-order valence-corrected chi connectivity index (χ1v) is 7.29. The Bertz CT molecular complexity index is 249. The SMILES string of the molecule is CC(C)CCN(C(C)CC(=O)NN)C1CCCC1. The van der Waals surface area contributed by atoms with Crippen molar-refractivity contribution in [3.8, 4) is 0 Å². The molecule has 1 saturated carbocycles. The highest BCUT2D eigenvalue weighted by Gasteiger charge is 2.27. The minimum absolute atomic E-state index is 0.0601. The standard InChI is InChI=1S/C14H29N3O/c1-11(2)8-9-17(13-6-4-5-7-13)12(3)10-14(18)16-15/h11-13H,4-10,15H2,1-3H3,(H,16,18). The number of hydrogen-bond acceptors (Lipinski definition) is 3. The topological polar surface area (TPSA) is 58.4 Å². The van der Waals surface area contributed by atoms with Gasteiger partial charge in [0.15, 0.2) is 0 Å². The van der Waals surface area contributed by atoms with Crippen molar-refractivity contribution in [3.63, 3.8) is 0 Å². The number of hydrogen-bond donors (Lipinski definition) is 2. The fourth-order valence-corrected chi connectivity index (χ4v) is 2.85. The molecule has 1 atom stereocenters. The Morgan fingerprint density at radius 1 is 1.33 bits per heavy atom. The zero-order chi connectivity index (χ0) is 13.5. The van der Waals surface area contributed by atoms with E-state index in [1.807, 2.05) is 0 Å². The Morgan fingerprint density at radius 2 is 1.94 bits per heavy atom. The fourth-order valence-electron chi connectivity index (χ4n) is 2.85. The maximum absolute atomic E-state index is 11.4. The molecule has 1 amide bonds. The van der Waals surface area contributed by atoms with E-state index in [2.05, 4.69) is 31.1 Å². The predicted molar refractivity (Wildman–Crippen MR) is 74.8 cm³/mol. The van der Waals surface area contributed by atoms with Gasteiger partial charge in [-0.15, -0.1) is 0 Å². The Labute approximate surface area is 111 Å². The zero-order valence-corrected chi connectivity index (χ0v) is 12.1. The van der Waals surface area contributed by atoms with Gasteiger partial charge in [-0.05, 0) is 38.6 Å². The highest BCUT2D eigenvalue weighted by atomic mass is 16.2. The van der Waals surface area contributed by atoms with Gasteiger partial charge < -0.3 is 0 Å². The third-order valence-electron chi connectivity index (χ3n) is 3.97. The monoisotopic (exact) mass is 255 g/mol. The molecule has 0 aromatic rings. The molecular weight excluding hydrogens is 226 g/mol. The van der Waals surface area contributed by atoms with Crippen LogP contribution in [0.5, 0.6) is 0 Å². The van der Waals surface area contributed by atoms with Crippen LogP contribution in [-0.2, 0) is 4.79 Å². The lowest BCUT2D eigenvalue weighted by Gasteiger charge is -2.34. The molecule has 0 saturated heterocycles. The number of rotatable bonds is 7. The van der Waals surface area contributed by atoms with Crippen molar-refractivity contribution in [3.05, 3.63) is 0 Å². The highest BCUT2D eigenvalue weighted by Crippen LogP contribution is 2.26. The lowest BCUT2D eigenvalue weighted by Crippen LogP contribution is -2.44. The molecule has 0 heterocycles. The summed E-state index contributed by atoms with van der Waals surface area (Å²) in [6.45, 7) is 7.75. The highest BCUT2D eigenvalue weighted by molar-refractivity contribution is 5.75. The number of nitrogens with two attached hydrogens (primary N) is 1. The van der Waals surface area contributed by atoms with Crippen LogP contribution in [0.2, 0.25) is 0 Å². The van der Waals surface area contributed by atoms with Gasteiger partial charge in [0.2, 0.25) is 5.91 Å². The largest absolute Gasteiger partial charge is 0.297 e. The van der Waals surface area contributed by atoms with Crippen molar-refractivity contribution < 1.29 is 4.79 Å². The van der Waals surface area contributed by atoms with E-state index in [0.29, 0.717) is 18.4 Å². The van der Waals surface area contributed by atoms with Crippen molar-refractivity contribution in [1.82, 2.24) is 10.3 Å². The zero-order valence-electron chi connectivity index (χ0n) is 12.1. The van der Waals surface area contributed by atoms with Gasteiger partial charge in [0.05, 0.1) is 0 Å². The van der Waals surface area contributed by atoms with Gasteiger partial charge >= 0.3 is 0 Å². The third-order valence-corrected chi connectivity index (χ3v) is 3.97. The Morgan fingerprint density at radius 3 is 2.44 bits per heavy atom. The van der Waals surface area contributed by atoms with E-state index in [1.54, 1.807) is 0 Å². The first-order chi connectivity index (χ1) is 8.54. The van der Waals surface area contributed by atoms with E-state index in [9.17, 15) is 4.79 Å². The van der Waals surface area contributed by atoms with E-state index >= 15 is 0 Å². The lowest BCUT2D eigenvalue weighted by molar-refractivity contribution is -0.122. The van der Waals surface area contributed by atoms with Gasteiger partial charge in [0.1, 0.15) is 0 Å². The molecule has 1 rings (SSSR count). The third kappa shape index (κ3) is 4.94. The van der Waals surface area contributed by atoms with Crippen molar-refractivity contribution >= 4 is 5.91 Å². The normalized spacial score (nSPS) is 18.6. The summed E-state index contributed by atoms with van der Waals surface area (Å²) < 4.78 is 0. The molecule has 0 aromatic heterocycles. The molecule has 0 bridgehead atoms. The second-order valence-corrected chi connectivity index (χ2v) is 5.98. The van der Waals surface area contributed by atoms with Crippen LogP contribution < -0.4 is 11.3 Å². The molecule has 4 heteroatoms. The van der Waals surface area contributed by atoms with E-state index in [0.717, 1.165) is 6.54 Å². The molecule has 0 radical (unpaired) electrons. The first kappa shape index (κ1) is 15.4. The Balaban J connectivity index is 2.54. The number of carbonyl (C=O) groups is 1. The van der Waals surface area contributed by atoms with Crippen LogP contribution in [-0.4, -0.2) is 29.4 Å². The number of carbonyl (C=O) groups excluding carboxylic acids is 1. The van der Waals surface area contributed by atoms with Crippen LogP contribution in [0.25, 0.3) is 0 Å². The van der Waals surface area contributed by atoms with Gasteiger partial charge in [-0.2, -0.15) is 0 Å². The molecule has 3 N–H and O–H groups in total. The molecule has 0 aliphatic heterocycles. The molecular formula is C14H29N3O. The molecule has 1 unspecified atom stereocenters. The van der Waals surface area contributed by atoms with Gasteiger partial charge in [-0.1, -0.05) is 26.7 Å². The maximum atomic E-state index is 11.4. The predicted octanol–water partition coefficient (Wildman–Crippen LogP) is 2.05. The molecule has 18 heavy (non-hydrogen) atoms. The van der Waals surface area contributed by atoms with Crippen molar-refractivity contribution in [1.29, 1.82) is 0 Å². The van der Waals surface area contributed by atoms with Crippen LogP contribution >= 0.6 is 0 Å². The van der Waals surface area contributed by atoms with Crippen LogP contribution in [0.1, 0.15) is 59.3 Å². The van der Waals surface area contributed by atoms with Gasteiger partial charge in [0, 0.05) is 18.5 Å². The van der Waals surface area contributed by atoms with Gasteiger partial charge in [0.25, 0.3) is 0 Å². The summed E-state index contributed by atoms with van der Waals surface area (Å²) in [6, 6.07) is 0.958. The first-order valence-electron chi connectivity index (χ1n) is 7.29. The summed E-state index contributed by atoms with van der Waals surface area (Å²) in [5.41, 5.74) is 2.24. The number of nitrogens with zero attached hydrogens (tertiary/aromatic N) is 1. The molecule has 0 aromatic carbocycles. The van der Waals surface area contributed by atoms with Crippen molar-refractivity contribution in [2.45, 2.75) is 71.4 Å². The molecule has 1 aliphatic rings. The summed E-state index contributed by atoms with van der Waals surface area (Å²) in [7, 11) is 0. The van der Waals surface area contributed by atoms with Crippen LogP contribution in [0, 0.1) is 5.92 Å². The summed E-state index contributed by atoms with van der Waals surface area (Å²) in [4.78, 5) is 13.9. The minimum atomic E-state index is -0.0601. The number of amides is 1. The molecule has 1 fully saturated rings. The maximum Gasteiger partial charge on any atom is 0.235 e. The van der Waals surface area contributed by atoms with E-state index in [1.165, 1.54) is 32.1 Å². The average Bonchev–Trinajstić information content (AvgIpc) is 2.82. The average molecular weight is 255 g/mol. The molecule has 106 valence electrons. The van der Waals surface area contributed by atoms with E-state index in [4.69, 9.17) is 5.84 Å². The molecule has 0 spiro atoms. The summed E-state index contributed by atoms with van der Waals surface area (Å²) >= 11 is 0. The van der Waals surface area contributed by atoms with Gasteiger partial charge in [-0.3, -0.25) is 15.1 Å². The van der Waals surface area contributed by atoms with E-state index in [-0.39, 0.29) is 11.9 Å². The van der Waals surface area contributed by atoms with Crippen molar-refractivity contribution in [2.24, 2.45) is 11.8 Å². The second kappa shape index (κ2) is 7.74. The molecule has 4 nitrogen and oxygen atoms in total. The second-order valence-electron chi connectivity index (χ2n) is 5.98. The number of hydrazine groups is 1. The smallest absolute Gasteiger partial charge is 0.235 e. The lowest BCUT2D eigenvalue weighted by atomic mass is 10.1. The van der Waals surface area contributed by atoms with Crippen LogP contribution in [0.15, 0.2) is 0 Å².